The normalized spacial score (nSPS) is 20.7. The fourth-order valence-corrected chi connectivity index (χ4v) is 2.02. The summed E-state index contributed by atoms with van der Waals surface area (Å²) in [5.74, 6) is 0.337. The maximum absolute atomic E-state index is 12.0. The van der Waals surface area contributed by atoms with Crippen molar-refractivity contribution < 1.29 is 22.6 Å². The van der Waals surface area contributed by atoms with Crippen molar-refractivity contribution in [1.29, 1.82) is 0 Å². The van der Waals surface area contributed by atoms with Gasteiger partial charge in [-0.15, -0.1) is 13.2 Å². The molecule has 1 aliphatic heterocycles. The van der Waals surface area contributed by atoms with Crippen molar-refractivity contribution in [1.82, 2.24) is 5.32 Å². The molecule has 1 aromatic rings. The first-order valence-corrected chi connectivity index (χ1v) is 6.26. The lowest BCUT2D eigenvalue weighted by Crippen LogP contribution is -2.19. The van der Waals surface area contributed by atoms with Crippen molar-refractivity contribution >= 4 is 0 Å². The van der Waals surface area contributed by atoms with Crippen LogP contribution in [0.15, 0.2) is 24.3 Å². The van der Waals surface area contributed by atoms with E-state index in [1.165, 1.54) is 24.3 Å². The first kappa shape index (κ1) is 14.0. The molecule has 0 saturated carbocycles. The number of hydrogen-bond donors (Lipinski definition) is 1. The number of alkyl halides is 3. The van der Waals surface area contributed by atoms with Crippen molar-refractivity contribution in [2.24, 2.45) is 0 Å². The van der Waals surface area contributed by atoms with E-state index in [1.807, 2.05) is 0 Å². The van der Waals surface area contributed by atoms with Crippen LogP contribution in [0.3, 0.4) is 0 Å². The zero-order valence-electron chi connectivity index (χ0n) is 10.4. The SMILES string of the molecule is FC(F)(F)Oc1ccc(OC2CCCNCC2)cc1. The average Bonchev–Trinajstić information content (AvgIpc) is 2.58. The van der Waals surface area contributed by atoms with Crippen LogP contribution in [-0.2, 0) is 0 Å². The maximum Gasteiger partial charge on any atom is 0.573 e. The molecule has 6 heteroatoms. The summed E-state index contributed by atoms with van der Waals surface area (Å²) in [6.07, 6.45) is -1.64. The van der Waals surface area contributed by atoms with E-state index < -0.39 is 6.36 Å². The number of rotatable bonds is 3. The average molecular weight is 275 g/mol. The molecule has 1 unspecified atom stereocenters. The summed E-state index contributed by atoms with van der Waals surface area (Å²) >= 11 is 0. The Morgan fingerprint density at radius 2 is 1.68 bits per heavy atom. The monoisotopic (exact) mass is 275 g/mol. The van der Waals surface area contributed by atoms with Crippen LogP contribution in [0, 0.1) is 0 Å². The standard InChI is InChI=1S/C13H16F3NO2/c14-13(15,16)19-12-5-3-11(4-6-12)18-10-2-1-8-17-9-7-10/h3-6,10,17H,1-2,7-9H2. The molecule has 3 nitrogen and oxygen atoms in total. The highest BCUT2D eigenvalue weighted by molar-refractivity contribution is 5.31. The minimum atomic E-state index is -4.66. The van der Waals surface area contributed by atoms with Crippen LogP contribution in [0.2, 0.25) is 0 Å². The van der Waals surface area contributed by atoms with Crippen molar-refractivity contribution in [3.63, 3.8) is 0 Å². The molecule has 0 bridgehead atoms. The third-order valence-electron chi connectivity index (χ3n) is 2.88. The largest absolute Gasteiger partial charge is 0.573 e. The van der Waals surface area contributed by atoms with Crippen molar-refractivity contribution in [3.05, 3.63) is 24.3 Å². The first-order chi connectivity index (χ1) is 9.03. The van der Waals surface area contributed by atoms with Gasteiger partial charge in [0, 0.05) is 0 Å². The number of hydrogen-bond acceptors (Lipinski definition) is 3. The molecular formula is C13H16F3NO2. The molecule has 0 aliphatic carbocycles. The molecule has 1 N–H and O–H groups in total. The van der Waals surface area contributed by atoms with Gasteiger partial charge in [-0.25, -0.2) is 0 Å². The molecule has 19 heavy (non-hydrogen) atoms. The molecule has 2 rings (SSSR count). The molecule has 1 saturated heterocycles. The van der Waals surface area contributed by atoms with Crippen LogP contribution in [0.5, 0.6) is 11.5 Å². The molecule has 1 heterocycles. The Balaban J connectivity index is 1.90. The highest BCUT2D eigenvalue weighted by Gasteiger charge is 2.31. The van der Waals surface area contributed by atoms with Gasteiger partial charge in [0.25, 0.3) is 0 Å². The Kier molecular flexibility index (Phi) is 4.52. The van der Waals surface area contributed by atoms with Crippen LogP contribution in [0.1, 0.15) is 19.3 Å². The van der Waals surface area contributed by atoms with Gasteiger partial charge in [-0.2, -0.15) is 0 Å². The van der Waals surface area contributed by atoms with Crippen molar-refractivity contribution in [2.75, 3.05) is 13.1 Å². The summed E-state index contributed by atoms with van der Waals surface area (Å²) in [5, 5.41) is 3.27. The fraction of sp³-hybridized carbons (Fsp3) is 0.538. The zero-order valence-corrected chi connectivity index (χ0v) is 10.4. The minimum Gasteiger partial charge on any atom is -0.490 e. The van der Waals surface area contributed by atoms with Crippen molar-refractivity contribution in [3.8, 4) is 11.5 Å². The van der Waals surface area contributed by atoms with Crippen LogP contribution in [0.25, 0.3) is 0 Å². The number of nitrogens with one attached hydrogen (secondary N) is 1. The Hall–Kier alpha value is -1.43. The minimum absolute atomic E-state index is 0.115. The molecule has 0 aromatic heterocycles. The van der Waals surface area contributed by atoms with E-state index in [1.54, 1.807) is 0 Å². The van der Waals surface area contributed by atoms with Crippen LogP contribution in [-0.4, -0.2) is 25.6 Å². The second kappa shape index (κ2) is 6.14. The van der Waals surface area contributed by atoms with Gasteiger partial charge in [0.05, 0.1) is 6.10 Å². The van der Waals surface area contributed by atoms with E-state index in [-0.39, 0.29) is 11.9 Å². The lowest BCUT2D eigenvalue weighted by Gasteiger charge is -2.17. The summed E-state index contributed by atoms with van der Waals surface area (Å²) in [5.41, 5.74) is 0. The lowest BCUT2D eigenvalue weighted by molar-refractivity contribution is -0.274. The maximum atomic E-state index is 12.0. The van der Waals surface area contributed by atoms with E-state index in [0.29, 0.717) is 5.75 Å². The van der Waals surface area contributed by atoms with Crippen LogP contribution >= 0.6 is 0 Å². The topological polar surface area (TPSA) is 30.5 Å². The third-order valence-corrected chi connectivity index (χ3v) is 2.88. The lowest BCUT2D eigenvalue weighted by atomic mass is 10.1. The van der Waals surface area contributed by atoms with Crippen LogP contribution in [0.4, 0.5) is 13.2 Å². The fourth-order valence-electron chi connectivity index (χ4n) is 2.02. The van der Waals surface area contributed by atoms with E-state index in [2.05, 4.69) is 10.1 Å². The number of benzene rings is 1. The van der Waals surface area contributed by atoms with Gasteiger partial charge >= 0.3 is 6.36 Å². The third kappa shape index (κ3) is 4.98. The molecule has 1 fully saturated rings. The Bertz CT molecular complexity index is 384. The predicted molar refractivity (Wildman–Crippen MR) is 64.3 cm³/mol. The van der Waals surface area contributed by atoms with E-state index in [4.69, 9.17) is 4.74 Å². The Morgan fingerprint density at radius 3 is 2.37 bits per heavy atom. The molecule has 0 radical (unpaired) electrons. The van der Waals surface area contributed by atoms with Crippen LogP contribution < -0.4 is 14.8 Å². The molecule has 1 atom stereocenters. The molecule has 0 spiro atoms. The van der Waals surface area contributed by atoms with Gasteiger partial charge in [-0.05, 0) is 56.6 Å². The van der Waals surface area contributed by atoms with E-state index in [0.717, 1.165) is 32.4 Å². The summed E-state index contributed by atoms with van der Waals surface area (Å²) in [7, 11) is 0. The van der Waals surface area contributed by atoms with Crippen molar-refractivity contribution in [2.45, 2.75) is 31.7 Å². The van der Waals surface area contributed by atoms with E-state index in [9.17, 15) is 13.2 Å². The summed E-state index contributed by atoms with van der Waals surface area (Å²) < 4.78 is 45.5. The summed E-state index contributed by atoms with van der Waals surface area (Å²) in [4.78, 5) is 0. The summed E-state index contributed by atoms with van der Waals surface area (Å²) in [6, 6.07) is 5.52. The zero-order chi connectivity index (χ0) is 13.7. The highest BCUT2D eigenvalue weighted by atomic mass is 19.4. The molecule has 0 amide bonds. The Labute approximate surface area is 109 Å². The number of halogens is 3. The molecular weight excluding hydrogens is 259 g/mol. The van der Waals surface area contributed by atoms with Gasteiger partial charge in [0.15, 0.2) is 0 Å². The predicted octanol–water partition coefficient (Wildman–Crippen LogP) is 3.11. The van der Waals surface area contributed by atoms with Gasteiger partial charge in [0.1, 0.15) is 11.5 Å². The summed E-state index contributed by atoms with van der Waals surface area (Å²) in [6.45, 7) is 1.89. The van der Waals surface area contributed by atoms with E-state index >= 15 is 0 Å². The number of ether oxygens (including phenoxy) is 2. The van der Waals surface area contributed by atoms with Gasteiger partial charge in [-0.1, -0.05) is 0 Å². The Morgan fingerprint density at radius 1 is 1.00 bits per heavy atom. The molecule has 106 valence electrons. The molecule has 1 aliphatic rings. The smallest absolute Gasteiger partial charge is 0.490 e. The molecule has 1 aromatic carbocycles. The van der Waals surface area contributed by atoms with Gasteiger partial charge in [0.2, 0.25) is 0 Å². The highest BCUT2D eigenvalue weighted by Crippen LogP contribution is 2.25. The second-order valence-corrected chi connectivity index (χ2v) is 4.44. The quantitative estimate of drug-likeness (QED) is 0.919. The van der Waals surface area contributed by atoms with Gasteiger partial charge < -0.3 is 14.8 Å². The first-order valence-electron chi connectivity index (χ1n) is 6.26. The van der Waals surface area contributed by atoms with Gasteiger partial charge in [-0.3, -0.25) is 0 Å². The second-order valence-electron chi connectivity index (χ2n) is 4.44.